The minimum atomic E-state index is -0.956. The standard InChI is InChI=1S/C16H13BrF2O2/c17-12-5-10-3-4-21-16(10)11(6-12)8-15(20)9-1-2-13(18)14(19)7-9/h1-2,5-7,15,20H,3-4,8H2. The van der Waals surface area contributed by atoms with E-state index in [-0.39, 0.29) is 6.42 Å². The second-order valence-electron chi connectivity index (χ2n) is 5.05. The molecule has 0 amide bonds. The van der Waals surface area contributed by atoms with Gasteiger partial charge in [0.1, 0.15) is 5.75 Å². The number of hydrogen-bond acceptors (Lipinski definition) is 2. The lowest BCUT2D eigenvalue weighted by Gasteiger charge is -2.14. The smallest absolute Gasteiger partial charge is 0.159 e. The number of ether oxygens (including phenoxy) is 1. The number of benzene rings is 2. The fraction of sp³-hybridized carbons (Fsp3) is 0.250. The first-order valence-electron chi connectivity index (χ1n) is 6.61. The summed E-state index contributed by atoms with van der Waals surface area (Å²) in [5, 5.41) is 10.3. The summed E-state index contributed by atoms with van der Waals surface area (Å²) in [7, 11) is 0. The molecule has 0 saturated heterocycles. The Morgan fingerprint density at radius 3 is 2.76 bits per heavy atom. The van der Waals surface area contributed by atoms with Gasteiger partial charge >= 0.3 is 0 Å². The largest absolute Gasteiger partial charge is 0.493 e. The van der Waals surface area contributed by atoms with Crippen molar-refractivity contribution in [3.05, 3.63) is 63.1 Å². The molecule has 1 aliphatic rings. The molecule has 2 nitrogen and oxygen atoms in total. The Morgan fingerprint density at radius 1 is 1.19 bits per heavy atom. The maximum Gasteiger partial charge on any atom is 0.159 e. The van der Waals surface area contributed by atoms with Crippen molar-refractivity contribution in [2.45, 2.75) is 18.9 Å². The van der Waals surface area contributed by atoms with Crippen molar-refractivity contribution in [2.24, 2.45) is 0 Å². The third-order valence-corrected chi connectivity index (χ3v) is 4.02. The van der Waals surface area contributed by atoms with Gasteiger partial charge in [-0.2, -0.15) is 0 Å². The van der Waals surface area contributed by atoms with Gasteiger partial charge in [-0.15, -0.1) is 0 Å². The van der Waals surface area contributed by atoms with Gasteiger partial charge in [0, 0.05) is 17.3 Å². The summed E-state index contributed by atoms with van der Waals surface area (Å²) in [5.41, 5.74) is 2.30. The number of aliphatic hydroxyl groups excluding tert-OH is 1. The van der Waals surface area contributed by atoms with Gasteiger partial charge in [-0.05, 0) is 41.0 Å². The van der Waals surface area contributed by atoms with Gasteiger partial charge in [0.15, 0.2) is 11.6 Å². The molecule has 0 aromatic heterocycles. The van der Waals surface area contributed by atoms with Gasteiger partial charge in [0.25, 0.3) is 0 Å². The lowest BCUT2D eigenvalue weighted by Crippen LogP contribution is -2.04. The first-order chi connectivity index (χ1) is 10.0. The van der Waals surface area contributed by atoms with Crippen LogP contribution in [0.1, 0.15) is 22.8 Å². The fourth-order valence-corrected chi connectivity index (χ4v) is 3.10. The second-order valence-corrected chi connectivity index (χ2v) is 5.96. The lowest BCUT2D eigenvalue weighted by atomic mass is 9.98. The van der Waals surface area contributed by atoms with E-state index in [0.717, 1.165) is 39.9 Å². The third-order valence-electron chi connectivity index (χ3n) is 3.57. The van der Waals surface area contributed by atoms with E-state index in [1.165, 1.54) is 6.07 Å². The van der Waals surface area contributed by atoms with Crippen molar-refractivity contribution in [3.8, 4) is 5.75 Å². The normalized spacial score (nSPS) is 14.7. The van der Waals surface area contributed by atoms with Crippen molar-refractivity contribution in [1.82, 2.24) is 0 Å². The van der Waals surface area contributed by atoms with Gasteiger partial charge in [-0.3, -0.25) is 0 Å². The maximum atomic E-state index is 13.2. The van der Waals surface area contributed by atoms with Crippen molar-refractivity contribution < 1.29 is 18.6 Å². The molecule has 1 N–H and O–H groups in total. The molecule has 2 aromatic rings. The molecular weight excluding hydrogens is 342 g/mol. The molecule has 1 unspecified atom stereocenters. The molecule has 3 rings (SSSR count). The molecule has 0 fully saturated rings. The minimum absolute atomic E-state index is 0.285. The van der Waals surface area contributed by atoms with Gasteiger partial charge in [-0.1, -0.05) is 22.0 Å². The van der Waals surface area contributed by atoms with Gasteiger partial charge in [0.05, 0.1) is 12.7 Å². The molecular formula is C16H13BrF2O2. The maximum absolute atomic E-state index is 13.2. The van der Waals surface area contributed by atoms with Gasteiger partial charge in [0.2, 0.25) is 0 Å². The summed E-state index contributed by atoms with van der Waals surface area (Å²) in [5.74, 6) is -1.08. The van der Waals surface area contributed by atoms with Crippen molar-refractivity contribution >= 4 is 15.9 Å². The number of fused-ring (bicyclic) bond motifs is 1. The molecule has 1 heterocycles. The van der Waals surface area contributed by atoms with Crippen molar-refractivity contribution in [1.29, 1.82) is 0 Å². The lowest BCUT2D eigenvalue weighted by molar-refractivity contribution is 0.176. The van der Waals surface area contributed by atoms with E-state index in [2.05, 4.69) is 15.9 Å². The first kappa shape index (κ1) is 14.5. The van der Waals surface area contributed by atoms with Crippen LogP contribution in [0.3, 0.4) is 0 Å². The van der Waals surface area contributed by atoms with Crippen LogP contribution in [-0.2, 0) is 12.8 Å². The molecule has 0 bridgehead atoms. The average Bonchev–Trinajstić information content (AvgIpc) is 2.90. The molecule has 21 heavy (non-hydrogen) atoms. The van der Waals surface area contributed by atoms with Crippen LogP contribution in [0.2, 0.25) is 0 Å². The van der Waals surface area contributed by atoms with Crippen LogP contribution in [0.25, 0.3) is 0 Å². The van der Waals surface area contributed by atoms with E-state index in [1.54, 1.807) is 0 Å². The molecule has 110 valence electrons. The second kappa shape index (κ2) is 5.73. The highest BCUT2D eigenvalue weighted by Gasteiger charge is 2.20. The molecule has 5 heteroatoms. The number of halogens is 3. The summed E-state index contributed by atoms with van der Waals surface area (Å²) in [6.45, 7) is 0.625. The predicted molar refractivity (Wildman–Crippen MR) is 78.4 cm³/mol. The highest BCUT2D eigenvalue weighted by atomic mass is 79.9. The summed E-state index contributed by atoms with van der Waals surface area (Å²) >= 11 is 3.44. The monoisotopic (exact) mass is 354 g/mol. The summed E-state index contributed by atoms with van der Waals surface area (Å²) in [4.78, 5) is 0. The van der Waals surface area contributed by atoms with E-state index in [0.29, 0.717) is 12.2 Å². The van der Waals surface area contributed by atoms with Crippen LogP contribution in [0.4, 0.5) is 8.78 Å². The Hall–Kier alpha value is -1.46. The zero-order valence-electron chi connectivity index (χ0n) is 11.1. The van der Waals surface area contributed by atoms with Crippen LogP contribution in [-0.4, -0.2) is 11.7 Å². The predicted octanol–water partition coefficient (Wildman–Crippen LogP) is 3.94. The van der Waals surface area contributed by atoms with Crippen molar-refractivity contribution in [3.63, 3.8) is 0 Å². The van der Waals surface area contributed by atoms with Crippen LogP contribution in [0, 0.1) is 11.6 Å². The Balaban J connectivity index is 1.88. The molecule has 0 radical (unpaired) electrons. The zero-order valence-corrected chi connectivity index (χ0v) is 12.7. The van der Waals surface area contributed by atoms with E-state index in [9.17, 15) is 13.9 Å². The molecule has 1 atom stereocenters. The van der Waals surface area contributed by atoms with Crippen molar-refractivity contribution in [2.75, 3.05) is 6.61 Å². The highest BCUT2D eigenvalue weighted by Crippen LogP contribution is 2.35. The molecule has 1 aliphatic heterocycles. The number of rotatable bonds is 3. The van der Waals surface area contributed by atoms with E-state index >= 15 is 0 Å². The molecule has 2 aromatic carbocycles. The fourth-order valence-electron chi connectivity index (χ4n) is 2.54. The zero-order chi connectivity index (χ0) is 15.0. The molecule has 0 spiro atoms. The van der Waals surface area contributed by atoms with Crippen LogP contribution in [0.15, 0.2) is 34.8 Å². The Bertz CT molecular complexity index is 688. The Kier molecular flexibility index (Phi) is 3.95. The minimum Gasteiger partial charge on any atom is -0.493 e. The van der Waals surface area contributed by atoms with Crippen LogP contribution >= 0.6 is 15.9 Å². The topological polar surface area (TPSA) is 29.5 Å². The molecule has 0 saturated carbocycles. The van der Waals surface area contributed by atoms with Crippen LogP contribution in [0.5, 0.6) is 5.75 Å². The Morgan fingerprint density at radius 2 is 2.00 bits per heavy atom. The number of hydrogen-bond donors (Lipinski definition) is 1. The quantitative estimate of drug-likeness (QED) is 0.904. The third kappa shape index (κ3) is 2.94. The molecule has 0 aliphatic carbocycles. The Labute approximate surface area is 129 Å². The first-order valence-corrected chi connectivity index (χ1v) is 7.41. The number of aliphatic hydroxyl groups is 1. The summed E-state index contributed by atoms with van der Waals surface area (Å²) in [6, 6.07) is 7.32. The van der Waals surface area contributed by atoms with Gasteiger partial charge < -0.3 is 9.84 Å². The van der Waals surface area contributed by atoms with E-state index < -0.39 is 17.7 Å². The van der Waals surface area contributed by atoms with E-state index in [1.807, 2.05) is 12.1 Å². The van der Waals surface area contributed by atoms with Crippen LogP contribution < -0.4 is 4.74 Å². The summed E-state index contributed by atoms with van der Waals surface area (Å²) < 4.78 is 32.7. The van der Waals surface area contributed by atoms with Gasteiger partial charge in [-0.25, -0.2) is 8.78 Å². The summed E-state index contributed by atoms with van der Waals surface area (Å²) in [6.07, 6.45) is 0.207. The average molecular weight is 355 g/mol. The SMILES string of the molecule is OC(Cc1cc(Br)cc2c1OCC2)c1ccc(F)c(F)c1. The van der Waals surface area contributed by atoms with E-state index in [4.69, 9.17) is 4.74 Å². The highest BCUT2D eigenvalue weighted by molar-refractivity contribution is 9.10.